The fourth-order valence-corrected chi connectivity index (χ4v) is 3.79. The van der Waals surface area contributed by atoms with Crippen LogP contribution in [0.15, 0.2) is 36.4 Å². The van der Waals surface area contributed by atoms with Crippen LogP contribution in [0.1, 0.15) is 17.0 Å². The number of thiocarbonyl (C=S) groups is 1. The van der Waals surface area contributed by atoms with Crippen LogP contribution in [0.4, 0.5) is 11.4 Å². The molecule has 2 N–H and O–H groups in total. The quantitative estimate of drug-likeness (QED) is 0.457. The van der Waals surface area contributed by atoms with Crippen molar-refractivity contribution in [2.24, 2.45) is 0 Å². The van der Waals surface area contributed by atoms with E-state index in [1.54, 1.807) is 14.2 Å². The molecule has 3 aromatic rings. The minimum Gasteiger partial charge on any atom is -0.493 e. The number of methoxy groups -OCH3 is 2. The van der Waals surface area contributed by atoms with Crippen molar-refractivity contribution in [1.29, 1.82) is 0 Å². The van der Waals surface area contributed by atoms with Crippen molar-refractivity contribution in [1.82, 2.24) is 9.78 Å². The minimum atomic E-state index is 0.434. The molecule has 158 valence electrons. The third-order valence-corrected chi connectivity index (χ3v) is 5.54. The summed E-state index contributed by atoms with van der Waals surface area (Å²) in [6.07, 6.45) is 0. The van der Waals surface area contributed by atoms with E-state index in [0.29, 0.717) is 33.2 Å². The molecule has 9 heteroatoms. The maximum Gasteiger partial charge on any atom is 0.175 e. The summed E-state index contributed by atoms with van der Waals surface area (Å²) in [6, 6.07) is 10.9. The molecule has 0 amide bonds. The molecule has 0 radical (unpaired) electrons. The highest BCUT2D eigenvalue weighted by atomic mass is 35.5. The molecular formula is C21H22Cl2N4O2S. The zero-order valence-electron chi connectivity index (χ0n) is 17.0. The van der Waals surface area contributed by atoms with Crippen LogP contribution in [0.25, 0.3) is 0 Å². The van der Waals surface area contributed by atoms with Crippen LogP contribution in [0.2, 0.25) is 10.0 Å². The lowest BCUT2D eigenvalue weighted by atomic mass is 10.2. The Balaban J connectivity index is 1.76. The summed E-state index contributed by atoms with van der Waals surface area (Å²) in [5, 5.41) is 12.6. The van der Waals surface area contributed by atoms with E-state index in [2.05, 4.69) is 15.7 Å². The predicted molar refractivity (Wildman–Crippen MR) is 127 cm³/mol. The predicted octanol–water partition coefficient (Wildman–Crippen LogP) is 5.68. The molecule has 0 atom stereocenters. The number of ether oxygens (including phenoxy) is 2. The molecule has 1 heterocycles. The molecule has 0 fully saturated rings. The number of nitrogens with one attached hydrogen (secondary N) is 2. The molecule has 0 spiro atoms. The average molecular weight is 465 g/mol. The number of anilines is 2. The number of hydrogen-bond donors (Lipinski definition) is 2. The number of rotatable bonds is 6. The first-order valence-electron chi connectivity index (χ1n) is 9.11. The van der Waals surface area contributed by atoms with Gasteiger partial charge in [-0.1, -0.05) is 29.3 Å². The fraction of sp³-hybridized carbons (Fsp3) is 0.238. The third-order valence-electron chi connectivity index (χ3n) is 4.63. The summed E-state index contributed by atoms with van der Waals surface area (Å²) < 4.78 is 12.4. The Morgan fingerprint density at radius 2 is 1.70 bits per heavy atom. The normalized spacial score (nSPS) is 10.6. The van der Waals surface area contributed by atoms with Crippen molar-refractivity contribution in [3.05, 3.63) is 63.4 Å². The Morgan fingerprint density at radius 3 is 2.33 bits per heavy atom. The number of aryl methyl sites for hydroxylation is 1. The first-order valence-corrected chi connectivity index (χ1v) is 10.3. The Labute approximate surface area is 191 Å². The van der Waals surface area contributed by atoms with Gasteiger partial charge in [-0.05, 0) is 50.3 Å². The smallest absolute Gasteiger partial charge is 0.175 e. The van der Waals surface area contributed by atoms with Gasteiger partial charge >= 0.3 is 0 Å². The number of hydrogen-bond acceptors (Lipinski definition) is 4. The maximum absolute atomic E-state index is 6.31. The molecule has 0 bridgehead atoms. The summed E-state index contributed by atoms with van der Waals surface area (Å²) in [6.45, 7) is 4.34. The molecule has 1 aromatic heterocycles. The lowest BCUT2D eigenvalue weighted by molar-refractivity contribution is 0.355. The molecule has 6 nitrogen and oxygen atoms in total. The lowest BCUT2D eigenvalue weighted by Crippen LogP contribution is -2.20. The van der Waals surface area contributed by atoms with Gasteiger partial charge < -0.3 is 20.1 Å². The second-order valence-corrected chi connectivity index (χ2v) is 7.78. The van der Waals surface area contributed by atoms with Gasteiger partial charge in [0.05, 0.1) is 37.8 Å². The van der Waals surface area contributed by atoms with Gasteiger partial charge in [-0.15, -0.1) is 0 Å². The number of aromatic nitrogens is 2. The summed E-state index contributed by atoms with van der Waals surface area (Å²) >= 11 is 18.1. The van der Waals surface area contributed by atoms with Crippen LogP contribution in [0.5, 0.6) is 11.5 Å². The standard InChI is InChI=1S/C21H22Cl2N4O2S/c1-12-20(13(2)27(26-12)11-15-16(22)6-5-7-17(15)23)25-21(30)24-14-8-9-18(28-3)19(10-14)29-4/h5-10H,11H2,1-4H3,(H2,24,25,30). The highest BCUT2D eigenvalue weighted by Crippen LogP contribution is 2.30. The SMILES string of the molecule is COc1ccc(NC(=S)Nc2c(C)nn(Cc3c(Cl)cccc3Cl)c2C)cc1OC. The van der Waals surface area contributed by atoms with Crippen LogP contribution in [-0.2, 0) is 6.54 Å². The molecule has 2 aromatic carbocycles. The van der Waals surface area contributed by atoms with E-state index in [4.69, 9.17) is 44.9 Å². The van der Waals surface area contributed by atoms with Crippen LogP contribution in [0.3, 0.4) is 0 Å². The lowest BCUT2D eigenvalue weighted by Gasteiger charge is -2.14. The van der Waals surface area contributed by atoms with Crippen molar-refractivity contribution in [3.8, 4) is 11.5 Å². The van der Waals surface area contributed by atoms with E-state index in [9.17, 15) is 0 Å². The van der Waals surface area contributed by atoms with E-state index in [-0.39, 0.29) is 0 Å². The summed E-state index contributed by atoms with van der Waals surface area (Å²) in [4.78, 5) is 0. The van der Waals surface area contributed by atoms with Crippen LogP contribution in [-0.4, -0.2) is 29.1 Å². The number of benzene rings is 2. The van der Waals surface area contributed by atoms with Gasteiger partial charge in [0.1, 0.15) is 0 Å². The van der Waals surface area contributed by atoms with Gasteiger partial charge in [-0.3, -0.25) is 4.68 Å². The van der Waals surface area contributed by atoms with E-state index in [0.717, 1.165) is 28.3 Å². The van der Waals surface area contributed by atoms with E-state index in [1.807, 2.05) is 54.9 Å². The summed E-state index contributed by atoms with van der Waals surface area (Å²) in [7, 11) is 3.18. The van der Waals surface area contributed by atoms with Gasteiger partial charge in [0.2, 0.25) is 0 Å². The Kier molecular flexibility index (Phi) is 7.07. The highest BCUT2D eigenvalue weighted by molar-refractivity contribution is 7.80. The molecular weight excluding hydrogens is 443 g/mol. The first kappa shape index (κ1) is 22.2. The molecule has 0 aliphatic rings. The van der Waals surface area contributed by atoms with Crippen molar-refractivity contribution in [2.75, 3.05) is 24.9 Å². The number of nitrogens with zero attached hydrogens (tertiary/aromatic N) is 2. The largest absolute Gasteiger partial charge is 0.493 e. The molecule has 0 saturated carbocycles. The Bertz CT molecular complexity index is 1060. The Hall–Kier alpha value is -2.48. The number of halogens is 2. The van der Waals surface area contributed by atoms with E-state index < -0.39 is 0 Å². The summed E-state index contributed by atoms with van der Waals surface area (Å²) in [5.74, 6) is 1.26. The Morgan fingerprint density at radius 1 is 1.03 bits per heavy atom. The minimum absolute atomic E-state index is 0.434. The van der Waals surface area contributed by atoms with E-state index >= 15 is 0 Å². The van der Waals surface area contributed by atoms with E-state index in [1.165, 1.54) is 0 Å². The average Bonchev–Trinajstić information content (AvgIpc) is 2.98. The third kappa shape index (κ3) is 4.80. The highest BCUT2D eigenvalue weighted by Gasteiger charge is 2.16. The zero-order chi connectivity index (χ0) is 21.8. The second kappa shape index (κ2) is 9.55. The van der Waals surface area contributed by atoms with Crippen LogP contribution >= 0.6 is 35.4 Å². The zero-order valence-corrected chi connectivity index (χ0v) is 19.4. The monoisotopic (exact) mass is 464 g/mol. The molecule has 0 aliphatic carbocycles. The van der Waals surface area contributed by atoms with Gasteiger partial charge in [-0.25, -0.2) is 0 Å². The van der Waals surface area contributed by atoms with Crippen molar-refractivity contribution < 1.29 is 9.47 Å². The summed E-state index contributed by atoms with van der Waals surface area (Å²) in [5.41, 5.74) is 4.16. The molecule has 3 rings (SSSR count). The van der Waals surface area contributed by atoms with Gasteiger partial charge in [0.15, 0.2) is 16.6 Å². The molecule has 0 saturated heterocycles. The first-order chi connectivity index (χ1) is 14.3. The topological polar surface area (TPSA) is 60.3 Å². The van der Waals surface area contributed by atoms with Gasteiger partial charge in [-0.2, -0.15) is 5.10 Å². The van der Waals surface area contributed by atoms with Crippen molar-refractivity contribution >= 4 is 51.9 Å². The van der Waals surface area contributed by atoms with Crippen molar-refractivity contribution in [3.63, 3.8) is 0 Å². The molecule has 30 heavy (non-hydrogen) atoms. The second-order valence-electron chi connectivity index (χ2n) is 6.55. The fourth-order valence-electron chi connectivity index (χ4n) is 3.05. The van der Waals surface area contributed by atoms with Crippen molar-refractivity contribution in [2.45, 2.75) is 20.4 Å². The van der Waals surface area contributed by atoms with Gasteiger partial charge in [0.25, 0.3) is 0 Å². The maximum atomic E-state index is 6.31. The molecule has 0 aliphatic heterocycles. The van der Waals surface area contributed by atoms with Crippen LogP contribution in [0, 0.1) is 13.8 Å². The van der Waals surface area contributed by atoms with Crippen LogP contribution < -0.4 is 20.1 Å². The molecule has 0 unspecified atom stereocenters. The van der Waals surface area contributed by atoms with Gasteiger partial charge in [0, 0.05) is 27.4 Å².